The van der Waals surface area contributed by atoms with Gasteiger partial charge in [0.05, 0.1) is 16.3 Å². The van der Waals surface area contributed by atoms with Crippen molar-refractivity contribution >= 4 is 23.0 Å². The van der Waals surface area contributed by atoms with Gasteiger partial charge in [-0.05, 0) is 24.3 Å². The molecule has 0 saturated heterocycles. The van der Waals surface area contributed by atoms with Crippen LogP contribution in [0.3, 0.4) is 0 Å². The number of benzene rings is 2. The molecule has 0 unspecified atom stereocenters. The number of nitrogens with zero attached hydrogens (tertiary/aromatic N) is 3. The minimum absolute atomic E-state index is 0. The Kier molecular flexibility index (Phi) is 6.17. The summed E-state index contributed by atoms with van der Waals surface area (Å²) in [6.07, 6.45) is 0. The van der Waals surface area contributed by atoms with Crippen LogP contribution in [0.5, 0.6) is 5.75 Å². The molecular weight excluding hydrogens is 301 g/mol. The third kappa shape index (κ3) is 4.35. The molecule has 0 aliphatic carbocycles. The maximum absolute atomic E-state index is 10.9. The van der Waals surface area contributed by atoms with E-state index in [1.807, 2.05) is 0 Å². The zero-order valence-electron chi connectivity index (χ0n) is 11.5. The first-order valence-corrected chi connectivity index (χ1v) is 5.70. The second kappa shape index (κ2) is 7.64. The van der Waals surface area contributed by atoms with Crippen molar-refractivity contribution in [2.24, 2.45) is 10.2 Å². The number of carbonyl (C=O) groups is 1. The van der Waals surface area contributed by atoms with Crippen LogP contribution in [-0.2, 0) is 0 Å². The van der Waals surface area contributed by atoms with Gasteiger partial charge in [-0.25, -0.2) is 4.79 Å². The SMILES string of the molecule is O=C(O)c1cc(N=Nc2cccc([N+](=O)[O-])c2)ccc1O.[Na+]. The van der Waals surface area contributed by atoms with Crippen molar-refractivity contribution in [3.8, 4) is 5.75 Å². The fourth-order valence-corrected chi connectivity index (χ4v) is 1.54. The predicted octanol–water partition coefficient (Wildman–Crippen LogP) is 0.418. The number of aromatic carboxylic acids is 1. The summed E-state index contributed by atoms with van der Waals surface area (Å²) in [6, 6.07) is 9.26. The van der Waals surface area contributed by atoms with Crippen LogP contribution in [0.15, 0.2) is 52.7 Å². The van der Waals surface area contributed by atoms with Crippen LogP contribution in [-0.4, -0.2) is 21.1 Å². The van der Waals surface area contributed by atoms with E-state index in [-0.39, 0.29) is 57.9 Å². The summed E-state index contributed by atoms with van der Waals surface area (Å²) in [4.78, 5) is 20.9. The average Bonchev–Trinajstić information content (AvgIpc) is 2.46. The van der Waals surface area contributed by atoms with Crippen molar-refractivity contribution in [1.82, 2.24) is 0 Å². The van der Waals surface area contributed by atoms with Crippen molar-refractivity contribution in [3.05, 3.63) is 58.1 Å². The molecule has 8 nitrogen and oxygen atoms in total. The maximum Gasteiger partial charge on any atom is 1.00 e. The summed E-state index contributed by atoms with van der Waals surface area (Å²) < 4.78 is 0. The van der Waals surface area contributed by atoms with Crippen LogP contribution < -0.4 is 29.6 Å². The third-order valence-electron chi connectivity index (χ3n) is 2.53. The quantitative estimate of drug-likeness (QED) is 0.366. The van der Waals surface area contributed by atoms with E-state index in [9.17, 15) is 20.0 Å². The molecule has 2 N–H and O–H groups in total. The summed E-state index contributed by atoms with van der Waals surface area (Å²) in [6.45, 7) is 0. The van der Waals surface area contributed by atoms with E-state index in [4.69, 9.17) is 5.11 Å². The van der Waals surface area contributed by atoms with E-state index in [1.165, 1.54) is 36.4 Å². The van der Waals surface area contributed by atoms with Gasteiger partial charge in [0, 0.05) is 12.1 Å². The van der Waals surface area contributed by atoms with Crippen LogP contribution in [0.4, 0.5) is 17.1 Å². The molecule has 0 aliphatic rings. The van der Waals surface area contributed by atoms with Gasteiger partial charge in [-0.15, -0.1) is 0 Å². The molecule has 2 aromatic rings. The van der Waals surface area contributed by atoms with Gasteiger partial charge in [-0.1, -0.05) is 6.07 Å². The number of nitro groups is 1. The first kappa shape index (κ1) is 17.8. The average molecular weight is 310 g/mol. The molecule has 22 heavy (non-hydrogen) atoms. The number of carboxylic acids is 1. The number of aromatic hydroxyl groups is 1. The first-order valence-electron chi connectivity index (χ1n) is 5.70. The second-order valence-corrected chi connectivity index (χ2v) is 3.98. The van der Waals surface area contributed by atoms with Gasteiger partial charge >= 0.3 is 35.5 Å². The minimum Gasteiger partial charge on any atom is -0.507 e. The van der Waals surface area contributed by atoms with Crippen molar-refractivity contribution in [2.75, 3.05) is 0 Å². The van der Waals surface area contributed by atoms with E-state index < -0.39 is 10.9 Å². The number of phenols is 1. The number of hydrogen-bond donors (Lipinski definition) is 2. The van der Waals surface area contributed by atoms with Gasteiger partial charge in [0.25, 0.3) is 5.69 Å². The molecule has 2 rings (SSSR count). The zero-order valence-corrected chi connectivity index (χ0v) is 13.5. The molecule has 0 amide bonds. The Bertz CT molecular complexity index is 748. The molecule has 0 spiro atoms. The number of nitro benzene ring substituents is 1. The molecule has 0 heterocycles. The monoisotopic (exact) mass is 310 g/mol. The Morgan fingerprint density at radius 1 is 1.09 bits per heavy atom. The predicted molar refractivity (Wildman–Crippen MR) is 72.3 cm³/mol. The Hall–Kier alpha value is -2.29. The number of azo groups is 1. The molecule has 0 atom stereocenters. The molecule has 0 saturated carbocycles. The first-order chi connectivity index (χ1) is 9.97. The van der Waals surface area contributed by atoms with Gasteiger partial charge in [0.2, 0.25) is 0 Å². The second-order valence-electron chi connectivity index (χ2n) is 3.98. The summed E-state index contributed by atoms with van der Waals surface area (Å²) in [5.41, 5.74) is 0.0414. The zero-order chi connectivity index (χ0) is 15.4. The fourth-order valence-electron chi connectivity index (χ4n) is 1.54. The fraction of sp³-hybridized carbons (Fsp3) is 0. The minimum atomic E-state index is -1.29. The van der Waals surface area contributed by atoms with Crippen molar-refractivity contribution in [3.63, 3.8) is 0 Å². The molecule has 9 heteroatoms. The number of non-ortho nitro benzene ring substituents is 1. The van der Waals surface area contributed by atoms with Gasteiger partial charge in [-0.3, -0.25) is 10.1 Å². The van der Waals surface area contributed by atoms with Crippen molar-refractivity contribution < 1.29 is 49.5 Å². The topological polar surface area (TPSA) is 125 Å². The van der Waals surface area contributed by atoms with Crippen molar-refractivity contribution in [2.45, 2.75) is 0 Å². The summed E-state index contributed by atoms with van der Waals surface area (Å²) in [7, 11) is 0. The molecule has 0 bridgehead atoms. The molecule has 0 aliphatic heterocycles. The Morgan fingerprint density at radius 3 is 2.32 bits per heavy atom. The van der Waals surface area contributed by atoms with Crippen LogP contribution >= 0.6 is 0 Å². The third-order valence-corrected chi connectivity index (χ3v) is 2.53. The van der Waals surface area contributed by atoms with E-state index in [1.54, 1.807) is 0 Å². The Labute approximate surface area is 146 Å². The molecular formula is C13H9N3NaO5+. The molecule has 2 aromatic carbocycles. The largest absolute Gasteiger partial charge is 1.00 e. The van der Waals surface area contributed by atoms with E-state index in [0.717, 1.165) is 6.07 Å². The normalized spacial score (nSPS) is 10.2. The smallest absolute Gasteiger partial charge is 0.507 e. The number of rotatable bonds is 4. The summed E-state index contributed by atoms with van der Waals surface area (Å²) in [5, 5.41) is 36.4. The number of carboxylic acid groups (broad SMARTS) is 1. The molecule has 0 aromatic heterocycles. The van der Waals surface area contributed by atoms with E-state index in [2.05, 4.69) is 10.2 Å². The molecule has 0 radical (unpaired) electrons. The van der Waals surface area contributed by atoms with Crippen LogP contribution in [0.25, 0.3) is 0 Å². The van der Waals surface area contributed by atoms with E-state index in [0.29, 0.717) is 0 Å². The van der Waals surface area contributed by atoms with Gasteiger partial charge in [0.15, 0.2) is 0 Å². The summed E-state index contributed by atoms with van der Waals surface area (Å²) in [5.74, 6) is -1.67. The Morgan fingerprint density at radius 2 is 1.73 bits per heavy atom. The maximum atomic E-state index is 10.9. The van der Waals surface area contributed by atoms with Gasteiger partial charge < -0.3 is 10.2 Å². The summed E-state index contributed by atoms with van der Waals surface area (Å²) >= 11 is 0. The Balaban J connectivity index is 0.00000242. The van der Waals surface area contributed by atoms with Crippen molar-refractivity contribution in [1.29, 1.82) is 0 Å². The molecule has 106 valence electrons. The van der Waals surface area contributed by atoms with Gasteiger partial charge in [0.1, 0.15) is 11.3 Å². The van der Waals surface area contributed by atoms with Gasteiger partial charge in [-0.2, -0.15) is 10.2 Å². The van der Waals surface area contributed by atoms with Crippen LogP contribution in [0, 0.1) is 10.1 Å². The number of hydrogen-bond acceptors (Lipinski definition) is 6. The van der Waals surface area contributed by atoms with Crippen LogP contribution in [0.2, 0.25) is 0 Å². The standard InChI is InChI=1S/C13H9N3O5.Na/c17-12-5-4-9(7-11(12)13(18)19)15-14-8-2-1-3-10(6-8)16(20)21;/h1-7,17H,(H,18,19);/q;+1. The molecule has 0 fully saturated rings. The van der Waals surface area contributed by atoms with E-state index >= 15 is 0 Å². The van der Waals surface area contributed by atoms with Crippen LogP contribution in [0.1, 0.15) is 10.4 Å².